The lowest BCUT2D eigenvalue weighted by Crippen LogP contribution is -2.45. The van der Waals surface area contributed by atoms with Gasteiger partial charge >= 0.3 is 0 Å². The fraction of sp³-hybridized carbons (Fsp3) is 0.786. The van der Waals surface area contributed by atoms with Gasteiger partial charge in [0.25, 0.3) is 0 Å². The Morgan fingerprint density at radius 1 is 1.37 bits per heavy atom. The van der Waals surface area contributed by atoms with Crippen LogP contribution in [0.5, 0.6) is 0 Å². The number of hydrogen-bond donors (Lipinski definition) is 1. The number of aryl methyl sites for hydroxylation is 2. The van der Waals surface area contributed by atoms with E-state index in [0.29, 0.717) is 13.0 Å². The molecule has 19 heavy (non-hydrogen) atoms. The van der Waals surface area contributed by atoms with Gasteiger partial charge in [-0.25, -0.2) is 0 Å². The number of aromatic nitrogens is 2. The van der Waals surface area contributed by atoms with E-state index in [9.17, 15) is 5.11 Å². The highest BCUT2D eigenvalue weighted by atomic mass is 79.9. The molecule has 0 aliphatic rings. The second-order valence-corrected chi connectivity index (χ2v) is 5.69. The summed E-state index contributed by atoms with van der Waals surface area (Å²) in [6, 6.07) is 0. The largest absolute Gasteiger partial charge is 0.390 e. The molecule has 1 aromatic rings. The molecular weight excluding hydrogens is 308 g/mol. The molecule has 0 saturated heterocycles. The summed E-state index contributed by atoms with van der Waals surface area (Å²) >= 11 is 3.54. The maximum absolute atomic E-state index is 10.6. The van der Waals surface area contributed by atoms with Crippen molar-refractivity contribution < 1.29 is 9.84 Å². The van der Waals surface area contributed by atoms with Crippen molar-refractivity contribution in [2.75, 3.05) is 6.61 Å². The number of aliphatic hydroxyl groups excluding tert-OH is 1. The number of halogens is 1. The average molecular weight is 333 g/mol. The lowest BCUT2D eigenvalue weighted by molar-refractivity contribution is -0.124. The van der Waals surface area contributed by atoms with Crippen LogP contribution in [0, 0.1) is 6.92 Å². The molecule has 0 fully saturated rings. The zero-order valence-corrected chi connectivity index (χ0v) is 14.1. The van der Waals surface area contributed by atoms with Crippen molar-refractivity contribution >= 4 is 15.9 Å². The average Bonchev–Trinajstić information content (AvgIpc) is 2.62. The maximum Gasteiger partial charge on any atom is 0.0938 e. The molecule has 1 aromatic heterocycles. The lowest BCUT2D eigenvalue weighted by Gasteiger charge is -2.36. The number of hydrogen-bond acceptors (Lipinski definition) is 3. The molecule has 0 aliphatic carbocycles. The zero-order chi connectivity index (χ0) is 14.6. The van der Waals surface area contributed by atoms with Crippen LogP contribution in [-0.4, -0.2) is 33.2 Å². The van der Waals surface area contributed by atoms with Crippen LogP contribution in [0.2, 0.25) is 0 Å². The second-order valence-electron chi connectivity index (χ2n) is 4.89. The molecule has 0 spiro atoms. The highest BCUT2D eigenvalue weighted by Gasteiger charge is 2.36. The van der Waals surface area contributed by atoms with Gasteiger partial charge in [0.15, 0.2) is 0 Å². The first kappa shape index (κ1) is 16.7. The SMILES string of the molecule is CCOC(CC)(CC)C(O)Cc1c(Br)c(C)nn1C. The fourth-order valence-corrected chi connectivity index (χ4v) is 3.08. The van der Waals surface area contributed by atoms with Crippen LogP contribution in [-0.2, 0) is 18.2 Å². The Morgan fingerprint density at radius 2 is 1.95 bits per heavy atom. The molecule has 0 saturated carbocycles. The molecular formula is C14H25BrN2O2. The predicted octanol–water partition coefficient (Wildman–Crippen LogP) is 2.99. The smallest absolute Gasteiger partial charge is 0.0938 e. The Hall–Kier alpha value is -0.390. The lowest BCUT2D eigenvalue weighted by atomic mass is 9.87. The van der Waals surface area contributed by atoms with Crippen molar-refractivity contribution in [1.82, 2.24) is 9.78 Å². The number of rotatable bonds is 7. The van der Waals surface area contributed by atoms with Gasteiger partial charge in [0.05, 0.1) is 27.6 Å². The first-order chi connectivity index (χ1) is 8.91. The Labute approximate surface area is 124 Å². The maximum atomic E-state index is 10.6. The van der Waals surface area contributed by atoms with E-state index in [1.807, 2.05) is 25.6 Å². The molecule has 0 amide bonds. The Morgan fingerprint density at radius 3 is 2.32 bits per heavy atom. The molecule has 110 valence electrons. The van der Waals surface area contributed by atoms with Gasteiger partial charge in [0.2, 0.25) is 0 Å². The fourth-order valence-electron chi connectivity index (χ4n) is 2.58. The van der Waals surface area contributed by atoms with E-state index in [1.54, 1.807) is 0 Å². The Kier molecular flexibility index (Phi) is 6.02. The molecule has 1 N–H and O–H groups in total. The first-order valence-electron chi connectivity index (χ1n) is 6.91. The standard InChI is InChI=1S/C14H25BrN2O2/c1-6-14(7-2,19-8-3)12(18)9-11-13(15)10(4)16-17(11)5/h12,18H,6-9H2,1-5H3. The summed E-state index contributed by atoms with van der Waals surface area (Å²) in [6.07, 6.45) is 1.60. The molecule has 4 nitrogen and oxygen atoms in total. The summed E-state index contributed by atoms with van der Waals surface area (Å²) in [6.45, 7) is 8.66. The Balaban J connectivity index is 2.96. The minimum absolute atomic E-state index is 0.466. The summed E-state index contributed by atoms with van der Waals surface area (Å²) in [5.41, 5.74) is 1.49. The van der Waals surface area contributed by atoms with E-state index in [-0.39, 0.29) is 0 Å². The normalized spacial score (nSPS) is 13.8. The molecule has 0 aromatic carbocycles. The third-order valence-corrected chi connectivity index (χ3v) is 4.92. The topological polar surface area (TPSA) is 47.3 Å². The van der Waals surface area contributed by atoms with Gasteiger partial charge in [0, 0.05) is 20.1 Å². The third-order valence-electron chi connectivity index (χ3n) is 3.88. The van der Waals surface area contributed by atoms with Gasteiger partial charge in [-0.05, 0) is 42.6 Å². The summed E-state index contributed by atoms with van der Waals surface area (Å²) in [7, 11) is 1.90. The molecule has 1 atom stereocenters. The quantitative estimate of drug-likeness (QED) is 0.834. The molecule has 1 unspecified atom stereocenters. The number of nitrogens with zero attached hydrogens (tertiary/aromatic N) is 2. The molecule has 1 heterocycles. The highest BCUT2D eigenvalue weighted by Crippen LogP contribution is 2.30. The van der Waals surface area contributed by atoms with E-state index in [4.69, 9.17) is 4.74 Å². The minimum Gasteiger partial charge on any atom is -0.390 e. The van der Waals surface area contributed by atoms with Crippen molar-refractivity contribution in [1.29, 1.82) is 0 Å². The molecule has 0 bridgehead atoms. The van der Waals surface area contributed by atoms with Gasteiger partial charge in [-0.15, -0.1) is 0 Å². The van der Waals surface area contributed by atoms with Crippen LogP contribution in [0.25, 0.3) is 0 Å². The summed E-state index contributed by atoms with van der Waals surface area (Å²) in [4.78, 5) is 0. The van der Waals surface area contributed by atoms with Crippen molar-refractivity contribution in [3.8, 4) is 0 Å². The molecule has 5 heteroatoms. The number of aliphatic hydroxyl groups is 1. The molecule has 0 radical (unpaired) electrons. The van der Waals surface area contributed by atoms with E-state index in [2.05, 4.69) is 34.9 Å². The van der Waals surface area contributed by atoms with E-state index < -0.39 is 11.7 Å². The van der Waals surface area contributed by atoms with Crippen molar-refractivity contribution in [3.63, 3.8) is 0 Å². The van der Waals surface area contributed by atoms with Crippen molar-refractivity contribution in [2.24, 2.45) is 7.05 Å². The van der Waals surface area contributed by atoms with Gasteiger partial charge in [-0.2, -0.15) is 5.10 Å². The number of ether oxygens (including phenoxy) is 1. The zero-order valence-electron chi connectivity index (χ0n) is 12.5. The van der Waals surface area contributed by atoms with Crippen molar-refractivity contribution in [3.05, 3.63) is 15.9 Å². The molecule has 0 aliphatic heterocycles. The van der Waals surface area contributed by atoms with Gasteiger partial charge in [-0.1, -0.05) is 13.8 Å². The van der Waals surface area contributed by atoms with Crippen LogP contribution in [0.1, 0.15) is 45.0 Å². The van der Waals surface area contributed by atoms with Crippen LogP contribution < -0.4 is 0 Å². The van der Waals surface area contributed by atoms with Crippen molar-refractivity contribution in [2.45, 2.75) is 58.7 Å². The predicted molar refractivity (Wildman–Crippen MR) is 80.3 cm³/mol. The minimum atomic E-state index is -0.534. The van der Waals surface area contributed by atoms with Gasteiger partial charge < -0.3 is 9.84 Å². The highest BCUT2D eigenvalue weighted by molar-refractivity contribution is 9.10. The second kappa shape index (κ2) is 6.86. The monoisotopic (exact) mass is 332 g/mol. The summed E-state index contributed by atoms with van der Waals surface area (Å²) in [5, 5.41) is 15.0. The van der Waals surface area contributed by atoms with Gasteiger partial charge in [0.1, 0.15) is 0 Å². The third kappa shape index (κ3) is 3.38. The molecule has 1 rings (SSSR count). The van der Waals surface area contributed by atoms with E-state index >= 15 is 0 Å². The van der Waals surface area contributed by atoms with Crippen LogP contribution in [0.4, 0.5) is 0 Å². The van der Waals surface area contributed by atoms with Gasteiger partial charge in [-0.3, -0.25) is 4.68 Å². The Bertz CT molecular complexity index is 414. The van der Waals surface area contributed by atoms with Crippen LogP contribution in [0.3, 0.4) is 0 Å². The van der Waals surface area contributed by atoms with E-state index in [1.165, 1.54) is 0 Å². The van der Waals surface area contributed by atoms with Crippen LogP contribution in [0.15, 0.2) is 4.47 Å². The summed E-state index contributed by atoms with van der Waals surface area (Å²) in [5.74, 6) is 0. The summed E-state index contributed by atoms with van der Waals surface area (Å²) < 4.78 is 8.66. The van der Waals surface area contributed by atoms with E-state index in [0.717, 1.165) is 28.7 Å². The van der Waals surface area contributed by atoms with Crippen LogP contribution >= 0.6 is 15.9 Å². The first-order valence-corrected chi connectivity index (χ1v) is 7.71.